The molecule has 0 aromatic rings. The number of amides is 2. The van der Waals surface area contributed by atoms with Crippen LogP contribution in [0.5, 0.6) is 0 Å². The van der Waals surface area contributed by atoms with Gasteiger partial charge in [-0.3, -0.25) is 0 Å². The lowest BCUT2D eigenvalue weighted by Gasteiger charge is -2.18. The van der Waals surface area contributed by atoms with Gasteiger partial charge in [0.05, 0.1) is 0 Å². The number of alkyl halides is 3. The number of carbonyl (C=O) groups excluding carboxylic acids is 1. The number of urea groups is 1. The molecule has 0 atom stereocenters. The van der Waals surface area contributed by atoms with Crippen LogP contribution < -0.4 is 5.32 Å². The van der Waals surface area contributed by atoms with Crippen molar-refractivity contribution in [3.05, 3.63) is 0 Å². The van der Waals surface area contributed by atoms with Crippen molar-refractivity contribution in [1.82, 2.24) is 10.2 Å². The minimum atomic E-state index is -4.35. The molecule has 0 bridgehead atoms. The molecule has 0 spiro atoms. The standard InChI is InChI=1S/C9H17F3N2O/c1-3-4-5-6-14(2)8(15)13-7-9(10,11)12/h3-7H2,1-2H3,(H,13,15). The van der Waals surface area contributed by atoms with Gasteiger partial charge in [0, 0.05) is 13.6 Å². The SMILES string of the molecule is CCCCCN(C)C(=O)NCC(F)(F)F. The van der Waals surface area contributed by atoms with Gasteiger partial charge in [-0.1, -0.05) is 19.8 Å². The Morgan fingerprint density at radius 1 is 1.33 bits per heavy atom. The number of unbranched alkanes of at least 4 members (excludes halogenated alkanes) is 2. The monoisotopic (exact) mass is 226 g/mol. The first-order valence-electron chi connectivity index (χ1n) is 4.92. The van der Waals surface area contributed by atoms with E-state index in [-0.39, 0.29) is 0 Å². The molecule has 0 radical (unpaired) electrons. The summed E-state index contributed by atoms with van der Waals surface area (Å²) < 4.78 is 35.3. The highest BCUT2D eigenvalue weighted by atomic mass is 19.4. The van der Waals surface area contributed by atoms with Crippen LogP contribution in [0.25, 0.3) is 0 Å². The maximum absolute atomic E-state index is 11.8. The highest BCUT2D eigenvalue weighted by Gasteiger charge is 2.28. The Morgan fingerprint density at radius 2 is 1.93 bits per heavy atom. The molecule has 1 N–H and O–H groups in total. The number of hydrogen-bond donors (Lipinski definition) is 1. The van der Waals surface area contributed by atoms with Gasteiger partial charge in [0.1, 0.15) is 6.54 Å². The van der Waals surface area contributed by atoms with Crippen LogP contribution in [-0.4, -0.2) is 37.2 Å². The van der Waals surface area contributed by atoms with E-state index in [0.29, 0.717) is 6.54 Å². The van der Waals surface area contributed by atoms with Crippen molar-refractivity contribution in [2.24, 2.45) is 0 Å². The molecule has 0 rings (SSSR count). The molecule has 2 amide bonds. The number of nitrogens with zero attached hydrogens (tertiary/aromatic N) is 1. The third-order valence-corrected chi connectivity index (χ3v) is 1.88. The Bertz CT molecular complexity index is 194. The van der Waals surface area contributed by atoms with E-state index in [9.17, 15) is 18.0 Å². The maximum atomic E-state index is 11.8. The van der Waals surface area contributed by atoms with E-state index in [4.69, 9.17) is 0 Å². The fourth-order valence-electron chi connectivity index (χ4n) is 1.01. The molecule has 0 saturated carbocycles. The van der Waals surface area contributed by atoms with Crippen LogP contribution in [0.4, 0.5) is 18.0 Å². The van der Waals surface area contributed by atoms with Gasteiger partial charge in [0.25, 0.3) is 0 Å². The van der Waals surface area contributed by atoms with Crippen molar-refractivity contribution >= 4 is 6.03 Å². The van der Waals surface area contributed by atoms with Crippen LogP contribution >= 0.6 is 0 Å². The fourth-order valence-corrected chi connectivity index (χ4v) is 1.01. The minimum Gasteiger partial charge on any atom is -0.329 e. The molecule has 15 heavy (non-hydrogen) atoms. The van der Waals surface area contributed by atoms with Crippen molar-refractivity contribution in [3.63, 3.8) is 0 Å². The smallest absolute Gasteiger partial charge is 0.329 e. The van der Waals surface area contributed by atoms with Crippen LogP contribution in [-0.2, 0) is 0 Å². The molecule has 0 aliphatic heterocycles. The molecule has 0 aromatic heterocycles. The molecule has 0 aliphatic carbocycles. The maximum Gasteiger partial charge on any atom is 0.405 e. The Labute approximate surface area is 87.6 Å². The summed E-state index contributed by atoms with van der Waals surface area (Å²) in [6.07, 6.45) is -1.55. The Morgan fingerprint density at radius 3 is 2.40 bits per heavy atom. The van der Waals surface area contributed by atoms with E-state index in [1.165, 1.54) is 11.9 Å². The zero-order valence-corrected chi connectivity index (χ0v) is 9.02. The predicted molar refractivity (Wildman–Crippen MR) is 51.6 cm³/mol. The van der Waals surface area contributed by atoms with Gasteiger partial charge in [-0.15, -0.1) is 0 Å². The lowest BCUT2D eigenvalue weighted by Crippen LogP contribution is -2.42. The zero-order chi connectivity index (χ0) is 11.9. The Kier molecular flexibility index (Phi) is 6.12. The normalized spacial score (nSPS) is 11.3. The quantitative estimate of drug-likeness (QED) is 0.717. The molecule has 0 saturated heterocycles. The van der Waals surface area contributed by atoms with Gasteiger partial charge in [-0.05, 0) is 6.42 Å². The largest absolute Gasteiger partial charge is 0.405 e. The van der Waals surface area contributed by atoms with E-state index in [1.807, 2.05) is 12.2 Å². The molecule has 0 heterocycles. The predicted octanol–water partition coefficient (Wildman–Crippen LogP) is 2.38. The lowest BCUT2D eigenvalue weighted by molar-refractivity contribution is -0.123. The molecule has 0 aliphatic rings. The van der Waals surface area contributed by atoms with E-state index in [2.05, 4.69) is 0 Å². The molecule has 0 aromatic carbocycles. The first-order valence-corrected chi connectivity index (χ1v) is 4.92. The van der Waals surface area contributed by atoms with Gasteiger partial charge in [0.15, 0.2) is 0 Å². The third kappa shape index (κ3) is 8.08. The van der Waals surface area contributed by atoms with Gasteiger partial charge in [-0.2, -0.15) is 13.2 Å². The van der Waals surface area contributed by atoms with Crippen LogP contribution in [0, 0.1) is 0 Å². The summed E-state index contributed by atoms with van der Waals surface area (Å²) in [6, 6.07) is -0.677. The van der Waals surface area contributed by atoms with Crippen LogP contribution in [0.15, 0.2) is 0 Å². The van der Waals surface area contributed by atoms with Crippen LogP contribution in [0.1, 0.15) is 26.2 Å². The summed E-state index contributed by atoms with van der Waals surface area (Å²) in [5, 5.41) is 1.81. The number of halogens is 3. The summed E-state index contributed by atoms with van der Waals surface area (Å²) in [5.41, 5.74) is 0. The number of rotatable bonds is 5. The second-order valence-corrected chi connectivity index (χ2v) is 3.40. The number of carbonyl (C=O) groups is 1. The van der Waals surface area contributed by atoms with Crippen molar-refractivity contribution < 1.29 is 18.0 Å². The van der Waals surface area contributed by atoms with Gasteiger partial charge in [-0.25, -0.2) is 4.79 Å². The zero-order valence-electron chi connectivity index (χ0n) is 9.02. The third-order valence-electron chi connectivity index (χ3n) is 1.88. The molecule has 90 valence electrons. The Hall–Kier alpha value is -0.940. The highest BCUT2D eigenvalue weighted by Crippen LogP contribution is 2.12. The summed E-state index contributed by atoms with van der Waals surface area (Å²) in [4.78, 5) is 12.4. The first kappa shape index (κ1) is 14.1. The summed E-state index contributed by atoms with van der Waals surface area (Å²) in [5.74, 6) is 0. The van der Waals surface area contributed by atoms with Crippen molar-refractivity contribution in [2.45, 2.75) is 32.4 Å². The van der Waals surface area contributed by atoms with E-state index in [0.717, 1.165) is 19.3 Å². The topological polar surface area (TPSA) is 32.3 Å². The highest BCUT2D eigenvalue weighted by molar-refractivity contribution is 5.73. The molecular formula is C9H17F3N2O. The second-order valence-electron chi connectivity index (χ2n) is 3.40. The van der Waals surface area contributed by atoms with Crippen molar-refractivity contribution in [2.75, 3.05) is 20.1 Å². The van der Waals surface area contributed by atoms with Crippen molar-refractivity contribution in [1.29, 1.82) is 0 Å². The summed E-state index contributed by atoms with van der Waals surface area (Å²) in [6.45, 7) is 1.23. The molecule has 3 nitrogen and oxygen atoms in total. The summed E-state index contributed by atoms with van der Waals surface area (Å²) >= 11 is 0. The van der Waals surface area contributed by atoms with E-state index >= 15 is 0 Å². The second kappa shape index (κ2) is 6.53. The van der Waals surface area contributed by atoms with Crippen molar-refractivity contribution in [3.8, 4) is 0 Å². The number of nitrogens with one attached hydrogen (secondary N) is 1. The molecule has 0 fully saturated rings. The molecule has 0 unspecified atom stereocenters. The molecule has 6 heteroatoms. The van der Waals surface area contributed by atoms with Gasteiger partial charge in [0.2, 0.25) is 0 Å². The number of hydrogen-bond acceptors (Lipinski definition) is 1. The first-order chi connectivity index (χ1) is 6.87. The lowest BCUT2D eigenvalue weighted by atomic mass is 10.2. The fraction of sp³-hybridized carbons (Fsp3) is 0.889. The van der Waals surface area contributed by atoms with Crippen LogP contribution in [0.3, 0.4) is 0 Å². The van der Waals surface area contributed by atoms with Gasteiger partial charge >= 0.3 is 12.2 Å². The molecular weight excluding hydrogens is 209 g/mol. The summed E-state index contributed by atoms with van der Waals surface area (Å²) in [7, 11) is 1.49. The Balaban J connectivity index is 3.70. The average molecular weight is 226 g/mol. The van der Waals surface area contributed by atoms with E-state index in [1.54, 1.807) is 0 Å². The van der Waals surface area contributed by atoms with Gasteiger partial charge < -0.3 is 10.2 Å². The minimum absolute atomic E-state index is 0.484. The average Bonchev–Trinajstić information content (AvgIpc) is 2.13. The van der Waals surface area contributed by atoms with E-state index < -0.39 is 18.8 Å². The van der Waals surface area contributed by atoms with Crippen LogP contribution in [0.2, 0.25) is 0 Å².